The van der Waals surface area contributed by atoms with Crippen LogP contribution in [0.3, 0.4) is 0 Å². The third-order valence-corrected chi connectivity index (χ3v) is 4.09. The van der Waals surface area contributed by atoms with Crippen molar-refractivity contribution in [3.05, 3.63) is 83.7 Å². The summed E-state index contributed by atoms with van der Waals surface area (Å²) in [5.74, 6) is -0.557. The highest BCUT2D eigenvalue weighted by Crippen LogP contribution is 2.16. The van der Waals surface area contributed by atoms with E-state index in [4.69, 9.17) is 4.74 Å². The van der Waals surface area contributed by atoms with Crippen LogP contribution in [0.2, 0.25) is 0 Å². The molecule has 0 unspecified atom stereocenters. The van der Waals surface area contributed by atoms with Crippen molar-refractivity contribution in [2.75, 3.05) is 12.4 Å². The topological polar surface area (TPSA) is 60.3 Å². The van der Waals surface area contributed by atoms with Gasteiger partial charge < -0.3 is 14.6 Å². The molecule has 5 heteroatoms. The molecule has 0 aliphatic carbocycles. The summed E-state index contributed by atoms with van der Waals surface area (Å²) in [7, 11) is 1.57. The molecule has 1 N–H and O–H groups in total. The number of rotatable bonds is 6. The molecule has 0 fully saturated rings. The number of hydrogen-bond donors (Lipinski definition) is 1. The summed E-state index contributed by atoms with van der Waals surface area (Å²) in [6, 6.07) is 18.3. The highest BCUT2D eigenvalue weighted by molar-refractivity contribution is 6.46. The molecule has 0 aliphatic rings. The van der Waals surface area contributed by atoms with Gasteiger partial charge in [0.15, 0.2) is 0 Å². The second kappa shape index (κ2) is 7.70. The number of carbonyl (C=O) groups excluding carboxylic acids is 2. The number of ketones is 1. The highest BCUT2D eigenvalue weighted by Gasteiger charge is 2.20. The summed E-state index contributed by atoms with van der Waals surface area (Å²) in [6.07, 6.45) is 1.80. The minimum Gasteiger partial charge on any atom is -0.497 e. The standard InChI is InChI=1S/C21H20N2O3/c1-15-5-7-16(8-6-15)14-23-13-3-4-19(23)20(24)21(25)22-17-9-11-18(26-2)12-10-17/h3-13H,14H2,1-2H3,(H,22,25). The number of ether oxygens (including phenoxy) is 1. The van der Waals surface area contributed by atoms with Crippen LogP contribution in [0.15, 0.2) is 66.9 Å². The third-order valence-electron chi connectivity index (χ3n) is 4.09. The maximum Gasteiger partial charge on any atom is 0.298 e. The molecule has 0 aliphatic heterocycles. The van der Waals surface area contributed by atoms with Crippen LogP contribution in [0.25, 0.3) is 0 Å². The highest BCUT2D eigenvalue weighted by atomic mass is 16.5. The van der Waals surface area contributed by atoms with Gasteiger partial charge in [-0.15, -0.1) is 0 Å². The number of nitrogens with zero attached hydrogens (tertiary/aromatic N) is 1. The first-order valence-electron chi connectivity index (χ1n) is 8.27. The molecule has 26 heavy (non-hydrogen) atoms. The lowest BCUT2D eigenvalue weighted by Gasteiger charge is -2.10. The zero-order valence-corrected chi connectivity index (χ0v) is 14.7. The Kier molecular flexibility index (Phi) is 5.17. The summed E-state index contributed by atoms with van der Waals surface area (Å²) >= 11 is 0. The predicted molar refractivity (Wildman–Crippen MR) is 101 cm³/mol. The molecule has 3 rings (SSSR count). The van der Waals surface area contributed by atoms with Gasteiger partial charge in [-0.05, 0) is 48.9 Å². The summed E-state index contributed by atoms with van der Waals surface area (Å²) < 4.78 is 6.86. The minimum absolute atomic E-state index is 0.358. The molecule has 0 saturated carbocycles. The van der Waals surface area contributed by atoms with Gasteiger partial charge in [0, 0.05) is 18.4 Å². The van der Waals surface area contributed by atoms with Gasteiger partial charge in [-0.25, -0.2) is 0 Å². The molecule has 132 valence electrons. The van der Waals surface area contributed by atoms with Gasteiger partial charge in [0.25, 0.3) is 11.7 Å². The fraction of sp³-hybridized carbons (Fsp3) is 0.143. The molecule has 1 heterocycles. The number of nitrogens with one attached hydrogen (secondary N) is 1. The number of aryl methyl sites for hydroxylation is 1. The lowest BCUT2D eigenvalue weighted by molar-refractivity contribution is -0.112. The maximum absolute atomic E-state index is 12.5. The SMILES string of the molecule is COc1ccc(NC(=O)C(=O)c2cccn2Cc2ccc(C)cc2)cc1. The molecule has 0 spiro atoms. The van der Waals surface area contributed by atoms with Crippen molar-refractivity contribution in [2.45, 2.75) is 13.5 Å². The molecule has 0 radical (unpaired) electrons. The van der Waals surface area contributed by atoms with E-state index >= 15 is 0 Å². The first kappa shape index (κ1) is 17.5. The van der Waals surface area contributed by atoms with E-state index in [1.54, 1.807) is 54.3 Å². The van der Waals surface area contributed by atoms with Gasteiger partial charge in [0.1, 0.15) is 5.75 Å². The average Bonchev–Trinajstić information content (AvgIpc) is 3.11. The van der Waals surface area contributed by atoms with E-state index < -0.39 is 11.7 Å². The van der Waals surface area contributed by atoms with Gasteiger partial charge >= 0.3 is 0 Å². The summed E-state index contributed by atoms with van der Waals surface area (Å²) in [6.45, 7) is 2.56. The number of benzene rings is 2. The molecule has 3 aromatic rings. The Balaban J connectivity index is 1.72. The number of methoxy groups -OCH3 is 1. The van der Waals surface area contributed by atoms with E-state index in [0.29, 0.717) is 23.7 Å². The fourth-order valence-electron chi connectivity index (χ4n) is 2.63. The summed E-state index contributed by atoms with van der Waals surface area (Å²) in [5.41, 5.74) is 3.14. The van der Waals surface area contributed by atoms with Gasteiger partial charge in [0.05, 0.1) is 12.8 Å². The van der Waals surface area contributed by atoms with Crippen LogP contribution in [0.5, 0.6) is 5.75 Å². The Morgan fingerprint density at radius 1 is 1.00 bits per heavy atom. The van der Waals surface area contributed by atoms with Crippen LogP contribution in [-0.4, -0.2) is 23.4 Å². The smallest absolute Gasteiger partial charge is 0.298 e. The first-order valence-corrected chi connectivity index (χ1v) is 8.27. The molecule has 0 saturated heterocycles. The molecule has 5 nitrogen and oxygen atoms in total. The van der Waals surface area contributed by atoms with Crippen LogP contribution in [0, 0.1) is 6.92 Å². The van der Waals surface area contributed by atoms with E-state index in [2.05, 4.69) is 5.32 Å². The monoisotopic (exact) mass is 348 g/mol. The minimum atomic E-state index is -0.668. The van der Waals surface area contributed by atoms with Crippen molar-refractivity contribution in [1.82, 2.24) is 4.57 Å². The second-order valence-electron chi connectivity index (χ2n) is 6.02. The van der Waals surface area contributed by atoms with Crippen molar-refractivity contribution in [3.8, 4) is 5.75 Å². The molecular weight excluding hydrogens is 328 g/mol. The number of Topliss-reactive ketones (excluding diaryl/α,β-unsaturated/α-hetero) is 1. The summed E-state index contributed by atoms with van der Waals surface area (Å²) in [4.78, 5) is 24.9. The van der Waals surface area contributed by atoms with Crippen molar-refractivity contribution in [3.63, 3.8) is 0 Å². The molecule has 1 amide bonds. The maximum atomic E-state index is 12.5. The van der Waals surface area contributed by atoms with Crippen LogP contribution in [0.4, 0.5) is 5.69 Å². The number of carbonyl (C=O) groups is 2. The Morgan fingerprint density at radius 3 is 2.35 bits per heavy atom. The molecule has 1 aromatic heterocycles. The zero-order chi connectivity index (χ0) is 18.5. The Bertz CT molecular complexity index is 909. The number of aromatic nitrogens is 1. The van der Waals surface area contributed by atoms with Crippen LogP contribution >= 0.6 is 0 Å². The molecule has 2 aromatic carbocycles. The van der Waals surface area contributed by atoms with Gasteiger partial charge in [0.2, 0.25) is 0 Å². The third kappa shape index (κ3) is 4.00. The molecule has 0 bridgehead atoms. The quantitative estimate of drug-likeness (QED) is 0.546. The van der Waals surface area contributed by atoms with Crippen molar-refractivity contribution >= 4 is 17.4 Å². The lowest BCUT2D eigenvalue weighted by atomic mass is 10.1. The predicted octanol–water partition coefficient (Wildman–Crippen LogP) is 3.67. The van der Waals surface area contributed by atoms with Crippen molar-refractivity contribution in [1.29, 1.82) is 0 Å². The molecular formula is C21H20N2O3. The number of hydrogen-bond acceptors (Lipinski definition) is 3. The van der Waals surface area contributed by atoms with Crippen LogP contribution in [0.1, 0.15) is 21.6 Å². The Morgan fingerprint density at radius 2 is 1.69 bits per heavy atom. The van der Waals surface area contributed by atoms with Crippen molar-refractivity contribution in [2.24, 2.45) is 0 Å². The second-order valence-corrected chi connectivity index (χ2v) is 6.02. The number of anilines is 1. The summed E-state index contributed by atoms with van der Waals surface area (Å²) in [5, 5.41) is 2.62. The van der Waals surface area contributed by atoms with E-state index in [0.717, 1.165) is 5.56 Å². The first-order chi connectivity index (χ1) is 12.6. The lowest BCUT2D eigenvalue weighted by Crippen LogP contribution is -2.25. The number of amides is 1. The van der Waals surface area contributed by atoms with Crippen LogP contribution in [-0.2, 0) is 11.3 Å². The van der Waals surface area contributed by atoms with Gasteiger partial charge in [-0.1, -0.05) is 29.8 Å². The van der Waals surface area contributed by atoms with E-state index in [1.165, 1.54) is 5.56 Å². The van der Waals surface area contributed by atoms with E-state index in [1.807, 2.05) is 31.2 Å². The largest absolute Gasteiger partial charge is 0.497 e. The van der Waals surface area contributed by atoms with Crippen LogP contribution < -0.4 is 10.1 Å². The van der Waals surface area contributed by atoms with E-state index in [9.17, 15) is 9.59 Å². The molecule has 0 atom stereocenters. The zero-order valence-electron chi connectivity index (χ0n) is 14.7. The van der Waals surface area contributed by atoms with Gasteiger partial charge in [-0.2, -0.15) is 0 Å². The fourth-order valence-corrected chi connectivity index (χ4v) is 2.63. The van der Waals surface area contributed by atoms with Crippen molar-refractivity contribution < 1.29 is 14.3 Å². The van der Waals surface area contributed by atoms with E-state index in [-0.39, 0.29) is 0 Å². The Labute approximate surface area is 152 Å². The van der Waals surface area contributed by atoms with Gasteiger partial charge in [-0.3, -0.25) is 9.59 Å². The Hall–Kier alpha value is -3.34. The average molecular weight is 348 g/mol. The normalized spacial score (nSPS) is 10.4.